The Labute approximate surface area is 160 Å². The molecule has 2 fully saturated rings. The standard InChI is InChI=1S/C19H22F2N2O5/c20-19(21)28-15-6-2-1-5-14(15)17(25)23-7-3-4-11(10-23)16(24)22-13-8-12(9-13)18(26)27/h1-2,5-6,11-13,19H,3-4,7-10H2,(H,22,24)(H,26,27). The molecule has 1 saturated heterocycles. The largest absolute Gasteiger partial charge is 0.481 e. The van der Waals surface area contributed by atoms with Gasteiger partial charge in [-0.1, -0.05) is 12.1 Å². The number of carboxylic acid groups (broad SMARTS) is 1. The molecule has 9 heteroatoms. The quantitative estimate of drug-likeness (QED) is 0.768. The van der Waals surface area contributed by atoms with Gasteiger partial charge in [0.05, 0.1) is 17.4 Å². The highest BCUT2D eigenvalue weighted by Gasteiger charge is 2.37. The highest BCUT2D eigenvalue weighted by molar-refractivity contribution is 5.97. The summed E-state index contributed by atoms with van der Waals surface area (Å²) >= 11 is 0. The second kappa shape index (κ2) is 8.53. The van der Waals surface area contributed by atoms with Crippen LogP contribution in [-0.2, 0) is 9.59 Å². The number of nitrogens with zero attached hydrogens (tertiary/aromatic N) is 1. The minimum atomic E-state index is -3.04. The molecule has 1 aromatic rings. The average Bonchev–Trinajstić information content (AvgIpc) is 2.63. The maximum atomic E-state index is 12.8. The smallest absolute Gasteiger partial charge is 0.387 e. The van der Waals surface area contributed by atoms with Crippen molar-refractivity contribution in [2.45, 2.75) is 38.3 Å². The molecule has 0 spiro atoms. The number of aliphatic carboxylic acids is 1. The van der Waals surface area contributed by atoms with E-state index in [1.807, 2.05) is 0 Å². The van der Waals surface area contributed by atoms with E-state index < -0.39 is 30.3 Å². The topological polar surface area (TPSA) is 95.9 Å². The normalized spacial score (nSPS) is 24.4. The number of carbonyl (C=O) groups excluding carboxylic acids is 2. The number of amides is 2. The zero-order chi connectivity index (χ0) is 20.3. The summed E-state index contributed by atoms with van der Waals surface area (Å²) in [6, 6.07) is 5.64. The van der Waals surface area contributed by atoms with Crippen molar-refractivity contribution in [3.63, 3.8) is 0 Å². The summed E-state index contributed by atoms with van der Waals surface area (Å²) in [5.74, 6) is -2.54. The fourth-order valence-corrected chi connectivity index (χ4v) is 3.64. The summed E-state index contributed by atoms with van der Waals surface area (Å²) in [7, 11) is 0. The Morgan fingerprint density at radius 2 is 1.89 bits per heavy atom. The fourth-order valence-electron chi connectivity index (χ4n) is 3.64. The summed E-state index contributed by atoms with van der Waals surface area (Å²) in [5.41, 5.74) is 0.0344. The predicted molar refractivity (Wildman–Crippen MR) is 94.0 cm³/mol. The lowest BCUT2D eigenvalue weighted by Crippen LogP contribution is -2.51. The summed E-state index contributed by atoms with van der Waals surface area (Å²) in [5, 5.41) is 11.7. The molecule has 1 atom stereocenters. The van der Waals surface area contributed by atoms with Gasteiger partial charge in [0.15, 0.2) is 0 Å². The van der Waals surface area contributed by atoms with Gasteiger partial charge in [0.25, 0.3) is 5.91 Å². The van der Waals surface area contributed by atoms with Gasteiger partial charge in [0, 0.05) is 19.1 Å². The first kappa shape index (κ1) is 20.0. The third kappa shape index (κ3) is 4.58. The number of para-hydroxylation sites is 1. The second-order valence-electron chi connectivity index (χ2n) is 7.18. The number of benzene rings is 1. The van der Waals surface area contributed by atoms with E-state index in [0.29, 0.717) is 32.2 Å². The van der Waals surface area contributed by atoms with Gasteiger partial charge in [0.1, 0.15) is 5.75 Å². The Morgan fingerprint density at radius 1 is 1.18 bits per heavy atom. The van der Waals surface area contributed by atoms with Crippen molar-refractivity contribution in [3.05, 3.63) is 29.8 Å². The third-order valence-corrected chi connectivity index (χ3v) is 5.25. The zero-order valence-electron chi connectivity index (χ0n) is 15.1. The number of likely N-dealkylation sites (tertiary alicyclic amines) is 1. The van der Waals surface area contributed by atoms with E-state index in [1.165, 1.54) is 23.1 Å². The molecular formula is C19H22F2N2O5. The Hall–Kier alpha value is -2.71. The lowest BCUT2D eigenvalue weighted by molar-refractivity contribution is -0.146. The molecule has 1 aromatic carbocycles. The zero-order valence-corrected chi connectivity index (χ0v) is 15.1. The van der Waals surface area contributed by atoms with Crippen molar-refractivity contribution < 1.29 is 33.0 Å². The van der Waals surface area contributed by atoms with Crippen molar-refractivity contribution in [3.8, 4) is 5.75 Å². The minimum absolute atomic E-state index is 0.0344. The van der Waals surface area contributed by atoms with Gasteiger partial charge in [-0.05, 0) is 37.8 Å². The Morgan fingerprint density at radius 3 is 2.57 bits per heavy atom. The number of ether oxygens (including phenoxy) is 1. The number of halogens is 2. The van der Waals surface area contributed by atoms with Gasteiger partial charge in [-0.2, -0.15) is 8.78 Å². The summed E-state index contributed by atoms with van der Waals surface area (Å²) in [6.07, 6.45) is 2.05. The maximum absolute atomic E-state index is 12.8. The van der Waals surface area contributed by atoms with Crippen LogP contribution < -0.4 is 10.1 Å². The SMILES string of the molecule is O=C(O)C1CC(NC(=O)C2CCCN(C(=O)c3ccccc3OC(F)F)C2)C1. The van der Waals surface area contributed by atoms with Gasteiger partial charge in [0.2, 0.25) is 5.91 Å². The van der Waals surface area contributed by atoms with Gasteiger partial charge < -0.3 is 20.1 Å². The van der Waals surface area contributed by atoms with Gasteiger partial charge in [-0.3, -0.25) is 14.4 Å². The molecule has 0 bridgehead atoms. The lowest BCUT2D eigenvalue weighted by Gasteiger charge is -2.36. The first-order valence-electron chi connectivity index (χ1n) is 9.21. The number of nitrogens with one attached hydrogen (secondary N) is 1. The number of alkyl halides is 2. The second-order valence-corrected chi connectivity index (χ2v) is 7.18. The summed E-state index contributed by atoms with van der Waals surface area (Å²) < 4.78 is 29.6. The van der Waals surface area contributed by atoms with E-state index in [0.717, 1.165) is 0 Å². The van der Waals surface area contributed by atoms with Crippen molar-refractivity contribution in [2.24, 2.45) is 11.8 Å². The van der Waals surface area contributed by atoms with Gasteiger partial charge in [-0.15, -0.1) is 0 Å². The van der Waals surface area contributed by atoms with E-state index in [2.05, 4.69) is 10.1 Å². The van der Waals surface area contributed by atoms with E-state index in [9.17, 15) is 23.2 Å². The van der Waals surface area contributed by atoms with Crippen LogP contribution in [0.1, 0.15) is 36.0 Å². The number of carbonyl (C=O) groups is 3. The molecule has 7 nitrogen and oxygen atoms in total. The van der Waals surface area contributed by atoms with Crippen LogP contribution in [0.4, 0.5) is 8.78 Å². The van der Waals surface area contributed by atoms with Crippen LogP contribution in [0.3, 0.4) is 0 Å². The molecule has 2 amide bonds. The highest BCUT2D eigenvalue weighted by atomic mass is 19.3. The molecule has 0 radical (unpaired) electrons. The van der Waals surface area contributed by atoms with Crippen LogP contribution in [0.5, 0.6) is 5.75 Å². The molecule has 1 aliphatic heterocycles. The van der Waals surface area contributed by atoms with Crippen molar-refractivity contribution >= 4 is 17.8 Å². The molecule has 1 aliphatic carbocycles. The summed E-state index contributed by atoms with van der Waals surface area (Å²) in [4.78, 5) is 37.6. The molecule has 2 aliphatic rings. The highest BCUT2D eigenvalue weighted by Crippen LogP contribution is 2.29. The maximum Gasteiger partial charge on any atom is 0.387 e. The van der Waals surface area contributed by atoms with Gasteiger partial charge in [-0.25, -0.2) is 0 Å². The van der Waals surface area contributed by atoms with Gasteiger partial charge >= 0.3 is 12.6 Å². The van der Waals surface area contributed by atoms with Crippen molar-refractivity contribution in [1.82, 2.24) is 10.2 Å². The number of rotatable bonds is 6. The van der Waals surface area contributed by atoms with Crippen LogP contribution in [-0.4, -0.2) is 53.5 Å². The molecule has 152 valence electrons. The third-order valence-electron chi connectivity index (χ3n) is 5.25. The Kier molecular flexibility index (Phi) is 6.11. The molecule has 1 heterocycles. The van der Waals surface area contributed by atoms with E-state index in [4.69, 9.17) is 5.11 Å². The van der Waals surface area contributed by atoms with Crippen molar-refractivity contribution in [2.75, 3.05) is 13.1 Å². The van der Waals surface area contributed by atoms with Crippen LogP contribution >= 0.6 is 0 Å². The first-order valence-corrected chi connectivity index (χ1v) is 9.21. The lowest BCUT2D eigenvalue weighted by atomic mass is 9.80. The molecule has 28 heavy (non-hydrogen) atoms. The molecule has 0 aromatic heterocycles. The van der Waals surface area contributed by atoms with Crippen LogP contribution in [0.15, 0.2) is 24.3 Å². The molecule has 3 rings (SSSR count). The van der Waals surface area contributed by atoms with E-state index in [-0.39, 0.29) is 29.8 Å². The monoisotopic (exact) mass is 396 g/mol. The van der Waals surface area contributed by atoms with Crippen LogP contribution in [0.25, 0.3) is 0 Å². The van der Waals surface area contributed by atoms with Crippen LogP contribution in [0, 0.1) is 11.8 Å². The minimum Gasteiger partial charge on any atom is -0.481 e. The first-order chi connectivity index (χ1) is 13.3. The Balaban J connectivity index is 1.60. The molecule has 1 saturated carbocycles. The van der Waals surface area contributed by atoms with E-state index >= 15 is 0 Å². The number of piperidine rings is 1. The molecule has 1 unspecified atom stereocenters. The molecule has 2 N–H and O–H groups in total. The number of hydrogen-bond donors (Lipinski definition) is 2. The number of hydrogen-bond acceptors (Lipinski definition) is 4. The van der Waals surface area contributed by atoms with E-state index in [1.54, 1.807) is 6.07 Å². The van der Waals surface area contributed by atoms with Crippen molar-refractivity contribution in [1.29, 1.82) is 0 Å². The fraction of sp³-hybridized carbons (Fsp3) is 0.526. The van der Waals surface area contributed by atoms with Crippen LogP contribution in [0.2, 0.25) is 0 Å². The average molecular weight is 396 g/mol. The number of carboxylic acids is 1. The predicted octanol–water partition coefficient (Wildman–Crippen LogP) is 2.12. The Bertz CT molecular complexity index is 752. The molecular weight excluding hydrogens is 374 g/mol. The summed E-state index contributed by atoms with van der Waals surface area (Å²) in [6.45, 7) is -2.43.